The number of ether oxygens (including phenoxy) is 1. The predicted octanol–water partition coefficient (Wildman–Crippen LogP) is 12.7. The molecule has 0 bridgehead atoms. The van der Waals surface area contributed by atoms with Crippen LogP contribution in [-0.2, 0) is 26.5 Å². The van der Waals surface area contributed by atoms with Crippen LogP contribution in [0.1, 0.15) is 26.3 Å². The number of aromatic nitrogens is 2. The Labute approximate surface area is 334 Å². The first-order valence-corrected chi connectivity index (χ1v) is 18.1. The summed E-state index contributed by atoms with van der Waals surface area (Å²) in [6.45, 7) is 8.79. The minimum atomic E-state index is -0.146. The molecule has 3 aromatic heterocycles. The molecule has 6 aromatic carbocycles. The van der Waals surface area contributed by atoms with Gasteiger partial charge < -0.3 is 23.5 Å². The Morgan fingerprint density at radius 3 is 2.20 bits per heavy atom. The van der Waals surface area contributed by atoms with Crippen LogP contribution in [0.25, 0.3) is 49.7 Å². The van der Waals surface area contributed by atoms with Gasteiger partial charge in [0.2, 0.25) is 0 Å². The molecule has 55 heavy (non-hydrogen) atoms. The van der Waals surface area contributed by atoms with Crippen molar-refractivity contribution < 1.29 is 30.2 Å². The number of para-hydroxylation sites is 3. The van der Waals surface area contributed by atoms with Crippen molar-refractivity contribution in [2.75, 3.05) is 9.80 Å². The summed E-state index contributed by atoms with van der Waals surface area (Å²) in [6, 6.07) is 55.5. The molecular formula is C48H35N4O2Pt-3. The molecule has 9 aromatic rings. The Balaban J connectivity index is 0.00000397. The first-order valence-electron chi connectivity index (χ1n) is 18.1. The molecule has 272 valence electrons. The Hall–Kier alpha value is -6.10. The molecule has 0 radical (unpaired) electrons. The van der Waals surface area contributed by atoms with Crippen molar-refractivity contribution in [2.45, 2.75) is 26.2 Å². The van der Waals surface area contributed by atoms with Crippen LogP contribution >= 0.6 is 0 Å². The zero-order valence-corrected chi connectivity index (χ0v) is 32.7. The van der Waals surface area contributed by atoms with Crippen molar-refractivity contribution in [1.29, 1.82) is 0 Å². The minimum Gasteiger partial charge on any atom is -0.509 e. The van der Waals surface area contributed by atoms with Gasteiger partial charge in [0.25, 0.3) is 0 Å². The third kappa shape index (κ3) is 6.17. The standard InChI is InChI=1S/C48H35N4O2.Pt/c1-48(2,3)35-25-37(51-31-50(36-14-8-5-9-15-36)43-16-10-11-17-44(43)51)27-39(26-35)54-38-19-20-40-41-24-33(32-12-6-4-7-13-32)18-21-42(41)52(45(40)28-38)47-29-46-34(30-49-47)22-23-53-46;/h4-26,29-31H,1-3H3;/q-3;. The van der Waals surface area contributed by atoms with E-state index in [1.165, 1.54) is 0 Å². The van der Waals surface area contributed by atoms with E-state index in [1.54, 1.807) is 6.26 Å². The third-order valence-corrected chi connectivity index (χ3v) is 10.2. The maximum absolute atomic E-state index is 6.74. The summed E-state index contributed by atoms with van der Waals surface area (Å²) in [5, 5.41) is 3.10. The van der Waals surface area contributed by atoms with Crippen molar-refractivity contribution in [3.8, 4) is 28.4 Å². The second-order valence-corrected chi connectivity index (χ2v) is 14.7. The average Bonchev–Trinajstić information content (AvgIpc) is 3.92. The number of rotatable bonds is 6. The number of hydrogen-bond acceptors (Lipinski definition) is 5. The molecule has 0 unspecified atom stereocenters. The zero-order chi connectivity index (χ0) is 36.4. The fraction of sp³-hybridized carbons (Fsp3) is 0.0833. The van der Waals surface area contributed by atoms with Crippen molar-refractivity contribution in [1.82, 2.24) is 9.55 Å². The zero-order valence-electron chi connectivity index (χ0n) is 30.4. The third-order valence-electron chi connectivity index (χ3n) is 10.2. The minimum absolute atomic E-state index is 0. The molecule has 7 heteroatoms. The fourth-order valence-corrected chi connectivity index (χ4v) is 7.36. The molecule has 0 N–H and O–H groups in total. The molecular weight excluding hydrogens is 860 g/mol. The van der Waals surface area contributed by atoms with E-state index in [4.69, 9.17) is 14.1 Å². The molecule has 0 spiro atoms. The normalized spacial score (nSPS) is 12.7. The second-order valence-electron chi connectivity index (χ2n) is 14.7. The van der Waals surface area contributed by atoms with Crippen LogP contribution in [0.15, 0.2) is 156 Å². The summed E-state index contributed by atoms with van der Waals surface area (Å²) < 4.78 is 14.7. The van der Waals surface area contributed by atoms with Crippen molar-refractivity contribution in [2.24, 2.45) is 0 Å². The summed E-state index contributed by atoms with van der Waals surface area (Å²) in [4.78, 5) is 9.28. The average molecular weight is 895 g/mol. The van der Waals surface area contributed by atoms with E-state index in [0.717, 1.165) is 78.0 Å². The van der Waals surface area contributed by atoms with Crippen LogP contribution in [0.4, 0.5) is 22.7 Å². The molecule has 0 aliphatic carbocycles. The predicted molar refractivity (Wildman–Crippen MR) is 218 cm³/mol. The Morgan fingerprint density at radius 2 is 1.42 bits per heavy atom. The van der Waals surface area contributed by atoms with Crippen LogP contribution in [0.2, 0.25) is 0 Å². The van der Waals surface area contributed by atoms with E-state index in [0.29, 0.717) is 11.5 Å². The molecule has 0 atom stereocenters. The van der Waals surface area contributed by atoms with Gasteiger partial charge >= 0.3 is 0 Å². The maximum atomic E-state index is 6.74. The first kappa shape index (κ1) is 34.7. The number of pyridine rings is 1. The summed E-state index contributed by atoms with van der Waals surface area (Å²) in [5.41, 5.74) is 10.1. The van der Waals surface area contributed by atoms with E-state index in [-0.39, 0.29) is 26.5 Å². The summed E-state index contributed by atoms with van der Waals surface area (Å²) in [7, 11) is 0. The van der Waals surface area contributed by atoms with Gasteiger partial charge in [-0.15, -0.1) is 53.6 Å². The summed E-state index contributed by atoms with van der Waals surface area (Å²) in [5.74, 6) is 1.94. The van der Waals surface area contributed by atoms with Crippen LogP contribution in [0.3, 0.4) is 0 Å². The fourth-order valence-electron chi connectivity index (χ4n) is 7.36. The van der Waals surface area contributed by atoms with Crippen LogP contribution in [0, 0.1) is 18.8 Å². The molecule has 0 saturated heterocycles. The number of furan rings is 1. The van der Waals surface area contributed by atoms with E-state index in [9.17, 15) is 0 Å². The quantitative estimate of drug-likeness (QED) is 0.156. The van der Waals surface area contributed by atoms with Crippen LogP contribution in [0.5, 0.6) is 11.5 Å². The monoisotopic (exact) mass is 894 g/mol. The molecule has 0 fully saturated rings. The second kappa shape index (κ2) is 13.6. The number of fused-ring (bicyclic) bond motifs is 5. The Kier molecular flexibility index (Phi) is 8.59. The molecule has 6 nitrogen and oxygen atoms in total. The van der Waals surface area contributed by atoms with Crippen molar-refractivity contribution in [3.05, 3.63) is 176 Å². The maximum Gasteiger partial charge on any atom is 0.139 e. The summed E-state index contributed by atoms with van der Waals surface area (Å²) >= 11 is 0. The molecule has 0 amide bonds. The van der Waals surface area contributed by atoms with Gasteiger partial charge in [-0.05, 0) is 58.3 Å². The van der Waals surface area contributed by atoms with E-state index >= 15 is 0 Å². The van der Waals surface area contributed by atoms with Gasteiger partial charge in [-0.25, -0.2) is 4.98 Å². The van der Waals surface area contributed by atoms with E-state index < -0.39 is 0 Å². The van der Waals surface area contributed by atoms with Gasteiger partial charge in [-0.1, -0.05) is 99.1 Å². The molecule has 1 aliphatic rings. The van der Waals surface area contributed by atoms with Gasteiger partial charge in [0.15, 0.2) is 0 Å². The van der Waals surface area contributed by atoms with Gasteiger partial charge in [0, 0.05) is 72.8 Å². The van der Waals surface area contributed by atoms with Gasteiger partial charge in [-0.3, -0.25) is 0 Å². The van der Waals surface area contributed by atoms with E-state index in [2.05, 4.69) is 163 Å². The van der Waals surface area contributed by atoms with E-state index in [1.807, 2.05) is 36.5 Å². The van der Waals surface area contributed by atoms with Gasteiger partial charge in [0.1, 0.15) is 11.4 Å². The molecule has 0 saturated carbocycles. The number of nitrogens with zero attached hydrogens (tertiary/aromatic N) is 4. The van der Waals surface area contributed by atoms with Crippen molar-refractivity contribution in [3.63, 3.8) is 0 Å². The number of benzene rings is 6. The number of anilines is 4. The Bertz CT molecular complexity index is 2840. The first-order chi connectivity index (χ1) is 26.4. The van der Waals surface area contributed by atoms with Gasteiger partial charge in [-0.2, -0.15) is 6.07 Å². The summed E-state index contributed by atoms with van der Waals surface area (Å²) in [6.07, 6.45) is 3.55. The number of hydrogen-bond donors (Lipinski definition) is 0. The SMILES string of the molecule is CC(C)(C)c1cc(Oc2[c-]c3c(cc2)c2cc(-c4ccccc4)ccc2n3-c2cc3occc3cn2)[c-]c(N2[CH-]N(c3ccccc3)c3ccccc32)c1.[Pt]. The Morgan fingerprint density at radius 1 is 0.673 bits per heavy atom. The molecule has 10 rings (SSSR count). The largest absolute Gasteiger partial charge is 0.509 e. The van der Waals surface area contributed by atoms with Gasteiger partial charge in [0.05, 0.1) is 6.26 Å². The topological polar surface area (TPSA) is 46.7 Å². The van der Waals surface area contributed by atoms with Crippen LogP contribution < -0.4 is 14.5 Å². The van der Waals surface area contributed by atoms with Crippen molar-refractivity contribution >= 4 is 55.5 Å². The molecule has 4 heterocycles. The smallest absolute Gasteiger partial charge is 0.139 e. The molecule has 1 aliphatic heterocycles. The van der Waals surface area contributed by atoms with Crippen LogP contribution in [-0.4, -0.2) is 9.55 Å².